The summed E-state index contributed by atoms with van der Waals surface area (Å²) in [6.07, 6.45) is -2.20. The van der Waals surface area contributed by atoms with Gasteiger partial charge in [0.25, 0.3) is 0 Å². The molecule has 0 atom stereocenters. The summed E-state index contributed by atoms with van der Waals surface area (Å²) < 4.78 is 38.1. The standard InChI is InChI=1S/C13H19F3N4/c14-13(15,16)11-2-4-18-12(10-11)20-6-1-5-19(7-3-17)8-9-20/h2,4,10H,1,3,5-9,17H2. The van der Waals surface area contributed by atoms with Crippen LogP contribution in [0.25, 0.3) is 0 Å². The molecule has 1 aliphatic rings. The highest BCUT2D eigenvalue weighted by atomic mass is 19.4. The fourth-order valence-corrected chi connectivity index (χ4v) is 2.37. The van der Waals surface area contributed by atoms with Crippen molar-refractivity contribution in [1.29, 1.82) is 0 Å². The topological polar surface area (TPSA) is 45.4 Å². The number of hydrogen-bond donors (Lipinski definition) is 1. The van der Waals surface area contributed by atoms with Gasteiger partial charge < -0.3 is 15.5 Å². The monoisotopic (exact) mass is 288 g/mol. The van der Waals surface area contributed by atoms with Gasteiger partial charge in [0, 0.05) is 38.9 Å². The Balaban J connectivity index is 2.08. The highest BCUT2D eigenvalue weighted by molar-refractivity contribution is 5.42. The van der Waals surface area contributed by atoms with E-state index >= 15 is 0 Å². The van der Waals surface area contributed by atoms with E-state index in [9.17, 15) is 13.2 Å². The molecule has 2 heterocycles. The molecule has 0 radical (unpaired) electrons. The predicted octanol–water partition coefficient (Wildman–Crippen LogP) is 1.57. The van der Waals surface area contributed by atoms with E-state index in [2.05, 4.69) is 9.88 Å². The summed E-state index contributed by atoms with van der Waals surface area (Å²) in [7, 11) is 0. The van der Waals surface area contributed by atoms with Crippen LogP contribution in [0, 0.1) is 0 Å². The van der Waals surface area contributed by atoms with Crippen LogP contribution in [0.5, 0.6) is 0 Å². The Kier molecular flexibility index (Phi) is 4.82. The largest absolute Gasteiger partial charge is 0.416 e. The first-order valence-corrected chi connectivity index (χ1v) is 6.71. The zero-order chi connectivity index (χ0) is 14.6. The Morgan fingerprint density at radius 2 is 2.00 bits per heavy atom. The number of nitrogens with zero attached hydrogens (tertiary/aromatic N) is 3. The number of nitrogens with two attached hydrogens (primary N) is 1. The van der Waals surface area contributed by atoms with E-state index in [0.29, 0.717) is 18.9 Å². The van der Waals surface area contributed by atoms with Crippen LogP contribution in [0.2, 0.25) is 0 Å². The normalized spacial score (nSPS) is 18.1. The van der Waals surface area contributed by atoms with Crippen molar-refractivity contribution in [3.63, 3.8) is 0 Å². The highest BCUT2D eigenvalue weighted by Gasteiger charge is 2.31. The van der Waals surface area contributed by atoms with Gasteiger partial charge in [-0.3, -0.25) is 0 Å². The Morgan fingerprint density at radius 3 is 2.70 bits per heavy atom. The minimum Gasteiger partial charge on any atom is -0.355 e. The van der Waals surface area contributed by atoms with E-state index in [-0.39, 0.29) is 0 Å². The zero-order valence-corrected chi connectivity index (χ0v) is 11.2. The molecular weight excluding hydrogens is 269 g/mol. The summed E-state index contributed by atoms with van der Waals surface area (Å²) in [6.45, 7) is 4.54. The maximum absolute atomic E-state index is 12.7. The molecule has 0 spiro atoms. The molecule has 1 aromatic heterocycles. The van der Waals surface area contributed by atoms with Gasteiger partial charge in [0.2, 0.25) is 0 Å². The Morgan fingerprint density at radius 1 is 1.20 bits per heavy atom. The Bertz CT molecular complexity index is 436. The van der Waals surface area contributed by atoms with Gasteiger partial charge in [-0.15, -0.1) is 0 Å². The molecule has 0 amide bonds. The van der Waals surface area contributed by atoms with Crippen molar-refractivity contribution >= 4 is 5.82 Å². The maximum atomic E-state index is 12.7. The van der Waals surface area contributed by atoms with Gasteiger partial charge in [0.05, 0.1) is 5.56 Å². The first kappa shape index (κ1) is 15.1. The Hall–Kier alpha value is -1.34. The molecule has 0 unspecified atom stereocenters. The van der Waals surface area contributed by atoms with E-state index < -0.39 is 11.7 Å². The minimum atomic E-state index is -4.32. The van der Waals surface area contributed by atoms with Crippen LogP contribution < -0.4 is 10.6 Å². The summed E-state index contributed by atoms with van der Waals surface area (Å²) in [4.78, 5) is 8.21. The number of halogens is 3. The van der Waals surface area contributed by atoms with Crippen LogP contribution in [0.1, 0.15) is 12.0 Å². The average Bonchev–Trinajstić information content (AvgIpc) is 2.64. The van der Waals surface area contributed by atoms with E-state index in [1.54, 1.807) is 0 Å². The van der Waals surface area contributed by atoms with Crippen molar-refractivity contribution in [2.75, 3.05) is 44.2 Å². The quantitative estimate of drug-likeness (QED) is 0.917. The molecule has 1 fully saturated rings. The molecule has 0 aromatic carbocycles. The third-order valence-electron chi connectivity index (χ3n) is 3.43. The SMILES string of the molecule is NCCN1CCCN(c2cc(C(F)(F)F)ccn2)CC1. The van der Waals surface area contributed by atoms with Crippen molar-refractivity contribution < 1.29 is 13.2 Å². The van der Waals surface area contributed by atoms with Crippen LogP contribution in [0.15, 0.2) is 18.3 Å². The van der Waals surface area contributed by atoms with Gasteiger partial charge in [-0.25, -0.2) is 4.98 Å². The molecule has 0 saturated carbocycles. The summed E-state index contributed by atoms with van der Waals surface area (Å²) in [5, 5.41) is 0. The fraction of sp³-hybridized carbons (Fsp3) is 0.615. The average molecular weight is 288 g/mol. The Labute approximate surface area is 116 Å². The van der Waals surface area contributed by atoms with E-state index in [0.717, 1.165) is 44.7 Å². The van der Waals surface area contributed by atoms with Gasteiger partial charge >= 0.3 is 6.18 Å². The number of anilines is 1. The minimum absolute atomic E-state index is 0.398. The van der Waals surface area contributed by atoms with Crippen LogP contribution in [0.3, 0.4) is 0 Å². The second-order valence-corrected chi connectivity index (χ2v) is 4.87. The lowest BCUT2D eigenvalue weighted by Gasteiger charge is -2.23. The lowest BCUT2D eigenvalue weighted by Crippen LogP contribution is -2.34. The molecule has 1 aromatic rings. The summed E-state index contributed by atoms with van der Waals surface area (Å²) >= 11 is 0. The lowest BCUT2D eigenvalue weighted by atomic mass is 10.2. The molecule has 4 nitrogen and oxygen atoms in total. The molecule has 1 aliphatic heterocycles. The molecule has 20 heavy (non-hydrogen) atoms. The maximum Gasteiger partial charge on any atom is 0.416 e. The summed E-state index contributed by atoms with van der Waals surface area (Å²) in [6, 6.07) is 2.13. The molecule has 0 bridgehead atoms. The molecule has 7 heteroatoms. The van der Waals surface area contributed by atoms with Crippen LogP contribution >= 0.6 is 0 Å². The molecule has 0 aliphatic carbocycles. The summed E-state index contributed by atoms with van der Waals surface area (Å²) in [5.74, 6) is 0.398. The smallest absolute Gasteiger partial charge is 0.355 e. The number of pyridine rings is 1. The first-order valence-electron chi connectivity index (χ1n) is 6.71. The number of hydrogen-bond acceptors (Lipinski definition) is 4. The first-order chi connectivity index (χ1) is 9.50. The predicted molar refractivity (Wildman–Crippen MR) is 71.6 cm³/mol. The van der Waals surface area contributed by atoms with Gasteiger partial charge in [-0.2, -0.15) is 13.2 Å². The second kappa shape index (κ2) is 6.41. The van der Waals surface area contributed by atoms with Gasteiger partial charge in [-0.1, -0.05) is 0 Å². The lowest BCUT2D eigenvalue weighted by molar-refractivity contribution is -0.137. The number of rotatable bonds is 3. The highest BCUT2D eigenvalue weighted by Crippen LogP contribution is 2.30. The molecular formula is C13H19F3N4. The van der Waals surface area contributed by atoms with Crippen LogP contribution in [-0.4, -0.2) is 49.2 Å². The van der Waals surface area contributed by atoms with Crippen LogP contribution in [0.4, 0.5) is 19.0 Å². The number of alkyl halides is 3. The van der Waals surface area contributed by atoms with E-state index in [1.807, 2.05) is 4.90 Å². The van der Waals surface area contributed by atoms with Gasteiger partial charge in [0.1, 0.15) is 5.82 Å². The molecule has 1 saturated heterocycles. The van der Waals surface area contributed by atoms with Gasteiger partial charge in [-0.05, 0) is 25.1 Å². The van der Waals surface area contributed by atoms with Crippen molar-refractivity contribution in [1.82, 2.24) is 9.88 Å². The van der Waals surface area contributed by atoms with Crippen molar-refractivity contribution in [3.8, 4) is 0 Å². The zero-order valence-electron chi connectivity index (χ0n) is 11.2. The van der Waals surface area contributed by atoms with E-state index in [4.69, 9.17) is 5.73 Å². The van der Waals surface area contributed by atoms with Gasteiger partial charge in [0.15, 0.2) is 0 Å². The second-order valence-electron chi connectivity index (χ2n) is 4.87. The fourth-order valence-electron chi connectivity index (χ4n) is 2.37. The summed E-state index contributed by atoms with van der Waals surface area (Å²) in [5.41, 5.74) is 4.88. The van der Waals surface area contributed by atoms with Crippen molar-refractivity contribution in [2.45, 2.75) is 12.6 Å². The van der Waals surface area contributed by atoms with E-state index in [1.165, 1.54) is 6.20 Å². The number of aromatic nitrogens is 1. The third kappa shape index (κ3) is 3.83. The molecule has 112 valence electrons. The molecule has 2 N–H and O–H groups in total. The van der Waals surface area contributed by atoms with Crippen LogP contribution in [-0.2, 0) is 6.18 Å². The van der Waals surface area contributed by atoms with Crippen molar-refractivity contribution in [3.05, 3.63) is 23.9 Å². The van der Waals surface area contributed by atoms with Crippen molar-refractivity contribution in [2.24, 2.45) is 5.73 Å². The molecule has 2 rings (SSSR count). The third-order valence-corrected chi connectivity index (χ3v) is 3.43.